The maximum atomic E-state index is 13.7. The third-order valence-electron chi connectivity index (χ3n) is 8.40. The lowest BCUT2D eigenvalue weighted by atomic mass is 9.51. The number of carbonyl (C=O) groups is 2. The Hall–Kier alpha value is -2.41. The first-order valence-corrected chi connectivity index (χ1v) is 13.0. The van der Waals surface area contributed by atoms with Crippen LogP contribution in [0.5, 0.6) is 0 Å². The lowest BCUT2D eigenvalue weighted by molar-refractivity contribution is -0.182. The summed E-state index contributed by atoms with van der Waals surface area (Å²) in [4.78, 5) is 26.2. The summed E-state index contributed by atoms with van der Waals surface area (Å²) in [6, 6.07) is 19.6. The van der Waals surface area contributed by atoms with Crippen molar-refractivity contribution in [2.75, 3.05) is 20.3 Å². The maximum absolute atomic E-state index is 13.7. The molecular formula is C29H36ClNO5. The largest absolute Gasteiger partial charge is 0.468 e. The molecule has 1 aliphatic carbocycles. The van der Waals surface area contributed by atoms with Crippen LogP contribution in [-0.2, 0) is 31.9 Å². The van der Waals surface area contributed by atoms with E-state index in [9.17, 15) is 14.7 Å². The number of hydrogen-bond acceptors (Lipinski definition) is 5. The molecule has 4 rings (SSSR count). The quantitative estimate of drug-likeness (QED) is 0.231. The number of rotatable bonds is 9. The monoisotopic (exact) mass is 513 g/mol. The van der Waals surface area contributed by atoms with Crippen molar-refractivity contribution in [3.63, 3.8) is 0 Å². The van der Waals surface area contributed by atoms with Gasteiger partial charge in [-0.05, 0) is 43.2 Å². The van der Waals surface area contributed by atoms with Gasteiger partial charge in [-0.25, -0.2) is 0 Å². The number of carbonyl (C=O) groups excluding carboxylic acids is 2. The van der Waals surface area contributed by atoms with Gasteiger partial charge < -0.3 is 19.9 Å². The molecule has 2 aromatic carbocycles. The number of hydrogen-bond donors (Lipinski definition) is 2. The number of aliphatic hydroxyl groups is 1. The van der Waals surface area contributed by atoms with Gasteiger partial charge in [0.25, 0.3) is 0 Å². The minimum Gasteiger partial charge on any atom is -0.468 e. The van der Waals surface area contributed by atoms with Gasteiger partial charge in [0.05, 0.1) is 24.7 Å². The van der Waals surface area contributed by atoms with Gasteiger partial charge in [0, 0.05) is 24.5 Å². The van der Waals surface area contributed by atoms with E-state index in [1.54, 1.807) is 6.92 Å². The Morgan fingerprint density at radius 2 is 1.67 bits per heavy atom. The van der Waals surface area contributed by atoms with Crippen LogP contribution in [0.2, 0.25) is 0 Å². The third-order valence-corrected chi connectivity index (χ3v) is 8.97. The smallest absolute Gasteiger partial charge is 0.322 e. The SMILES string of the molecule is COC(=O)[C@@]12C(=O)N[C@@H](Cc3ccccc3)[C@@H]1[C@H](C)[C@@](C)(Cl)[C@H](O)[C@@H]2CCOCCc1ccccc1. The van der Waals surface area contributed by atoms with Crippen LogP contribution in [-0.4, -0.2) is 54.3 Å². The molecule has 1 heterocycles. The fourth-order valence-corrected chi connectivity index (χ4v) is 6.68. The molecule has 0 aromatic heterocycles. The number of esters is 1. The first-order chi connectivity index (χ1) is 17.2. The van der Waals surface area contributed by atoms with Gasteiger partial charge in [0.2, 0.25) is 5.91 Å². The molecule has 6 nitrogen and oxygen atoms in total. The molecule has 0 spiro atoms. The number of halogens is 1. The summed E-state index contributed by atoms with van der Waals surface area (Å²) in [5, 5.41) is 14.6. The number of alkyl halides is 1. The molecule has 1 saturated carbocycles. The van der Waals surface area contributed by atoms with Crippen molar-refractivity contribution in [3.8, 4) is 0 Å². The first kappa shape index (κ1) is 26.6. The summed E-state index contributed by atoms with van der Waals surface area (Å²) < 4.78 is 11.2. The molecule has 194 valence electrons. The highest BCUT2D eigenvalue weighted by Gasteiger charge is 2.73. The molecule has 2 fully saturated rings. The van der Waals surface area contributed by atoms with Gasteiger partial charge >= 0.3 is 5.97 Å². The summed E-state index contributed by atoms with van der Waals surface area (Å²) in [7, 11) is 1.30. The standard InChI is InChI=1S/C29H36ClNO5/c1-19-24-23(18-21-12-8-5-9-13-21)31-26(33)29(24,27(34)35-3)22(25(32)28(19,2)30)15-17-36-16-14-20-10-6-4-7-11-20/h4-13,19,22-25,32H,14-18H2,1-3H3,(H,31,33)/t19-,22-,23-,24-,25+,28+,29+/m0/s1. The Morgan fingerprint density at radius 1 is 1.06 bits per heavy atom. The van der Waals surface area contributed by atoms with Crippen molar-refractivity contribution in [3.05, 3.63) is 71.8 Å². The van der Waals surface area contributed by atoms with Gasteiger partial charge in [0.15, 0.2) is 5.41 Å². The van der Waals surface area contributed by atoms with Gasteiger partial charge in [-0.2, -0.15) is 0 Å². The average molecular weight is 514 g/mol. The second-order valence-corrected chi connectivity index (χ2v) is 11.1. The van der Waals surface area contributed by atoms with Crippen molar-refractivity contribution < 1.29 is 24.2 Å². The topological polar surface area (TPSA) is 84.9 Å². The van der Waals surface area contributed by atoms with Crippen molar-refractivity contribution in [1.29, 1.82) is 0 Å². The zero-order valence-electron chi connectivity index (χ0n) is 21.2. The number of nitrogens with one attached hydrogen (secondary N) is 1. The van der Waals surface area contributed by atoms with Crippen molar-refractivity contribution in [2.45, 2.75) is 50.1 Å². The molecule has 0 bridgehead atoms. The van der Waals surface area contributed by atoms with E-state index in [0.29, 0.717) is 19.4 Å². The van der Waals surface area contributed by atoms with E-state index in [1.165, 1.54) is 12.7 Å². The Kier molecular flexibility index (Phi) is 8.08. The summed E-state index contributed by atoms with van der Waals surface area (Å²) in [6.45, 7) is 4.51. The second-order valence-electron chi connectivity index (χ2n) is 10.3. The molecule has 1 amide bonds. The van der Waals surface area contributed by atoms with E-state index in [-0.39, 0.29) is 18.6 Å². The van der Waals surface area contributed by atoms with E-state index in [2.05, 4.69) is 5.32 Å². The molecule has 7 atom stereocenters. The number of fused-ring (bicyclic) bond motifs is 1. The Labute approximate surface area is 218 Å². The van der Waals surface area contributed by atoms with Gasteiger partial charge in [-0.1, -0.05) is 67.6 Å². The van der Waals surface area contributed by atoms with Crippen molar-refractivity contribution in [1.82, 2.24) is 5.32 Å². The van der Waals surface area contributed by atoms with E-state index in [4.69, 9.17) is 21.1 Å². The molecule has 2 aliphatic rings. The van der Waals surface area contributed by atoms with Gasteiger partial charge in [0.1, 0.15) is 0 Å². The summed E-state index contributed by atoms with van der Waals surface area (Å²) in [5.41, 5.74) is 0.686. The minimum atomic E-state index is -1.54. The fraction of sp³-hybridized carbons (Fsp3) is 0.517. The number of amides is 1. The molecule has 36 heavy (non-hydrogen) atoms. The van der Waals surface area contributed by atoms with E-state index < -0.39 is 40.1 Å². The zero-order valence-corrected chi connectivity index (χ0v) is 21.9. The highest BCUT2D eigenvalue weighted by atomic mass is 35.5. The number of benzene rings is 2. The molecule has 7 heteroatoms. The van der Waals surface area contributed by atoms with Crippen LogP contribution in [0.4, 0.5) is 0 Å². The molecule has 2 N–H and O–H groups in total. The highest BCUT2D eigenvalue weighted by Crippen LogP contribution is 2.60. The van der Waals surface area contributed by atoms with Crippen LogP contribution >= 0.6 is 11.6 Å². The van der Waals surface area contributed by atoms with E-state index >= 15 is 0 Å². The highest BCUT2D eigenvalue weighted by molar-refractivity contribution is 6.24. The first-order valence-electron chi connectivity index (χ1n) is 12.7. The van der Waals surface area contributed by atoms with Crippen LogP contribution < -0.4 is 5.32 Å². The Morgan fingerprint density at radius 3 is 2.28 bits per heavy atom. The summed E-state index contributed by atoms with van der Waals surface area (Å²) >= 11 is 7.00. The number of ether oxygens (including phenoxy) is 2. The van der Waals surface area contributed by atoms with Gasteiger partial charge in [-0.3, -0.25) is 9.59 Å². The van der Waals surface area contributed by atoms with Crippen LogP contribution in [0.15, 0.2) is 60.7 Å². The van der Waals surface area contributed by atoms with Crippen LogP contribution in [0, 0.1) is 23.2 Å². The molecule has 1 aliphatic heterocycles. The van der Waals surface area contributed by atoms with E-state index in [1.807, 2.05) is 67.6 Å². The maximum Gasteiger partial charge on any atom is 0.322 e. The molecule has 0 radical (unpaired) electrons. The molecular weight excluding hydrogens is 478 g/mol. The fourth-order valence-electron chi connectivity index (χ4n) is 6.40. The van der Waals surface area contributed by atoms with Crippen LogP contribution in [0.25, 0.3) is 0 Å². The minimum absolute atomic E-state index is 0.290. The normalized spacial score (nSPS) is 33.6. The van der Waals surface area contributed by atoms with Crippen LogP contribution in [0.3, 0.4) is 0 Å². The molecule has 2 aromatic rings. The van der Waals surface area contributed by atoms with Gasteiger partial charge in [-0.15, -0.1) is 11.6 Å². The predicted octanol–water partition coefficient (Wildman–Crippen LogP) is 3.78. The summed E-state index contributed by atoms with van der Waals surface area (Å²) in [6.07, 6.45) is 0.526. The zero-order chi connectivity index (χ0) is 25.9. The van der Waals surface area contributed by atoms with Crippen LogP contribution in [0.1, 0.15) is 31.4 Å². The van der Waals surface area contributed by atoms with Crippen molar-refractivity contribution in [2.24, 2.45) is 23.2 Å². The second kappa shape index (κ2) is 10.9. The number of methoxy groups -OCH3 is 1. The summed E-state index contributed by atoms with van der Waals surface area (Å²) in [5.74, 6) is -2.54. The Bertz CT molecular complexity index is 1050. The Balaban J connectivity index is 1.60. The van der Waals surface area contributed by atoms with E-state index in [0.717, 1.165) is 12.0 Å². The molecule has 0 unspecified atom stereocenters. The average Bonchev–Trinajstić information content (AvgIpc) is 3.17. The lowest BCUT2D eigenvalue weighted by Gasteiger charge is -2.54. The molecule has 1 saturated heterocycles. The predicted molar refractivity (Wildman–Crippen MR) is 139 cm³/mol. The lowest BCUT2D eigenvalue weighted by Crippen LogP contribution is -2.66. The third kappa shape index (κ3) is 4.67. The number of aliphatic hydroxyl groups excluding tert-OH is 1. The van der Waals surface area contributed by atoms with Crippen molar-refractivity contribution >= 4 is 23.5 Å².